The molecule has 1 rings (SSSR count). The van der Waals surface area contributed by atoms with E-state index >= 15 is 0 Å². The van der Waals surface area contributed by atoms with Crippen molar-refractivity contribution >= 4 is 12.4 Å². The maximum atomic E-state index is 12.5. The van der Waals surface area contributed by atoms with Crippen LogP contribution in [0.2, 0.25) is 0 Å². The standard InChI is InChI=1S/C13H16F3NO.ClH/c1-8(2)6-11(17)10-5-4-9(13(14,15)16)7-12(10)18-3;/h4-5,7,11H,1,6,17H2,2-3H3;1H/t11-;/m1./s1. The smallest absolute Gasteiger partial charge is 0.416 e. The van der Waals surface area contributed by atoms with Gasteiger partial charge in [-0.1, -0.05) is 11.6 Å². The van der Waals surface area contributed by atoms with Crippen LogP contribution in [0, 0.1) is 0 Å². The van der Waals surface area contributed by atoms with Crippen LogP contribution in [-0.4, -0.2) is 7.11 Å². The van der Waals surface area contributed by atoms with Gasteiger partial charge in [-0.2, -0.15) is 13.2 Å². The van der Waals surface area contributed by atoms with Crippen molar-refractivity contribution in [3.05, 3.63) is 41.5 Å². The first kappa shape index (κ1) is 17.8. The molecule has 0 amide bonds. The first-order chi connectivity index (χ1) is 8.25. The third kappa shape index (κ3) is 4.76. The quantitative estimate of drug-likeness (QED) is 0.849. The highest BCUT2D eigenvalue weighted by atomic mass is 35.5. The lowest BCUT2D eigenvalue weighted by molar-refractivity contribution is -0.137. The zero-order valence-electron chi connectivity index (χ0n) is 10.8. The Morgan fingerprint density at radius 2 is 2.00 bits per heavy atom. The second-order valence-corrected chi connectivity index (χ2v) is 4.22. The zero-order chi connectivity index (χ0) is 13.9. The molecule has 1 aromatic rings. The van der Waals surface area contributed by atoms with Crippen molar-refractivity contribution in [2.24, 2.45) is 5.73 Å². The van der Waals surface area contributed by atoms with Crippen molar-refractivity contribution in [1.29, 1.82) is 0 Å². The first-order valence-electron chi connectivity index (χ1n) is 5.40. The average molecular weight is 296 g/mol. The van der Waals surface area contributed by atoms with E-state index in [0.717, 1.165) is 17.7 Å². The van der Waals surface area contributed by atoms with Gasteiger partial charge in [0.25, 0.3) is 0 Å². The summed E-state index contributed by atoms with van der Waals surface area (Å²) in [6.07, 6.45) is -3.88. The van der Waals surface area contributed by atoms with E-state index in [0.29, 0.717) is 12.0 Å². The molecular weight excluding hydrogens is 279 g/mol. The normalized spacial score (nSPS) is 12.5. The lowest BCUT2D eigenvalue weighted by Crippen LogP contribution is -2.13. The van der Waals surface area contributed by atoms with Gasteiger partial charge in [-0.25, -0.2) is 0 Å². The lowest BCUT2D eigenvalue weighted by atomic mass is 9.98. The van der Waals surface area contributed by atoms with Crippen LogP contribution in [0.15, 0.2) is 30.4 Å². The number of nitrogens with two attached hydrogens (primary N) is 1. The van der Waals surface area contributed by atoms with Gasteiger partial charge in [-0.15, -0.1) is 19.0 Å². The fourth-order valence-electron chi connectivity index (χ4n) is 1.68. The summed E-state index contributed by atoms with van der Waals surface area (Å²) >= 11 is 0. The maximum absolute atomic E-state index is 12.5. The SMILES string of the molecule is C=C(C)C[C@@H](N)c1ccc(C(F)(F)F)cc1OC.Cl. The summed E-state index contributed by atoms with van der Waals surface area (Å²) in [5.74, 6) is 0.151. The second-order valence-electron chi connectivity index (χ2n) is 4.22. The van der Waals surface area contributed by atoms with E-state index in [1.54, 1.807) is 0 Å². The van der Waals surface area contributed by atoms with Crippen molar-refractivity contribution in [2.45, 2.75) is 25.6 Å². The van der Waals surface area contributed by atoms with Crippen LogP contribution in [0.25, 0.3) is 0 Å². The lowest BCUT2D eigenvalue weighted by Gasteiger charge is -2.17. The van der Waals surface area contributed by atoms with E-state index < -0.39 is 17.8 Å². The van der Waals surface area contributed by atoms with Gasteiger partial charge in [0.15, 0.2) is 0 Å². The van der Waals surface area contributed by atoms with Crippen molar-refractivity contribution in [1.82, 2.24) is 0 Å². The van der Waals surface area contributed by atoms with Crippen LogP contribution in [0.1, 0.15) is 30.5 Å². The number of benzene rings is 1. The molecule has 19 heavy (non-hydrogen) atoms. The number of methoxy groups -OCH3 is 1. The molecule has 0 aliphatic rings. The molecule has 6 heteroatoms. The third-order valence-electron chi connectivity index (χ3n) is 2.53. The molecule has 0 bridgehead atoms. The Bertz CT molecular complexity index is 446. The van der Waals surface area contributed by atoms with Gasteiger partial charge < -0.3 is 10.5 Å². The molecule has 0 aromatic heterocycles. The minimum Gasteiger partial charge on any atom is -0.496 e. The third-order valence-corrected chi connectivity index (χ3v) is 2.53. The Balaban J connectivity index is 0.00000324. The molecule has 0 saturated heterocycles. The highest BCUT2D eigenvalue weighted by Crippen LogP contribution is 2.35. The van der Waals surface area contributed by atoms with E-state index in [1.807, 2.05) is 6.92 Å². The summed E-state index contributed by atoms with van der Waals surface area (Å²) < 4.78 is 42.6. The van der Waals surface area contributed by atoms with E-state index in [9.17, 15) is 13.2 Å². The Kier molecular flexibility index (Phi) is 6.39. The summed E-state index contributed by atoms with van der Waals surface area (Å²) in [5, 5.41) is 0. The summed E-state index contributed by atoms with van der Waals surface area (Å²) in [4.78, 5) is 0. The molecule has 0 spiro atoms. The number of ether oxygens (including phenoxy) is 1. The molecule has 1 atom stereocenters. The first-order valence-corrected chi connectivity index (χ1v) is 5.40. The van der Waals surface area contributed by atoms with E-state index in [2.05, 4.69) is 6.58 Å². The molecule has 0 unspecified atom stereocenters. The van der Waals surface area contributed by atoms with Crippen LogP contribution in [0.5, 0.6) is 5.75 Å². The van der Waals surface area contributed by atoms with Gasteiger partial charge in [-0.05, 0) is 25.5 Å². The molecular formula is C13H17ClF3NO. The van der Waals surface area contributed by atoms with Gasteiger partial charge in [0, 0.05) is 11.6 Å². The summed E-state index contributed by atoms with van der Waals surface area (Å²) in [5.41, 5.74) is 6.58. The monoisotopic (exact) mass is 295 g/mol. The predicted octanol–water partition coefficient (Wildman–Crippen LogP) is 4.10. The number of hydrogen-bond acceptors (Lipinski definition) is 2. The molecule has 0 saturated carbocycles. The van der Waals surface area contributed by atoms with Gasteiger partial charge >= 0.3 is 6.18 Å². The van der Waals surface area contributed by atoms with Crippen LogP contribution in [-0.2, 0) is 6.18 Å². The number of halogens is 4. The number of rotatable bonds is 4. The minimum atomic E-state index is -4.38. The molecule has 0 radical (unpaired) electrons. The molecule has 0 fully saturated rings. The van der Waals surface area contributed by atoms with E-state index in [-0.39, 0.29) is 18.2 Å². The minimum absolute atomic E-state index is 0. The van der Waals surface area contributed by atoms with Crippen LogP contribution >= 0.6 is 12.4 Å². The molecule has 1 aromatic carbocycles. The van der Waals surface area contributed by atoms with Crippen molar-refractivity contribution in [3.8, 4) is 5.75 Å². The Morgan fingerprint density at radius 3 is 2.42 bits per heavy atom. The van der Waals surface area contributed by atoms with Crippen molar-refractivity contribution in [2.75, 3.05) is 7.11 Å². The largest absolute Gasteiger partial charge is 0.496 e. The van der Waals surface area contributed by atoms with Gasteiger partial charge in [0.05, 0.1) is 12.7 Å². The maximum Gasteiger partial charge on any atom is 0.416 e. The van der Waals surface area contributed by atoms with E-state index in [4.69, 9.17) is 10.5 Å². The van der Waals surface area contributed by atoms with Gasteiger partial charge in [-0.3, -0.25) is 0 Å². The van der Waals surface area contributed by atoms with Gasteiger partial charge in [0.1, 0.15) is 5.75 Å². The fourth-order valence-corrected chi connectivity index (χ4v) is 1.68. The number of hydrogen-bond donors (Lipinski definition) is 1. The highest BCUT2D eigenvalue weighted by molar-refractivity contribution is 5.85. The van der Waals surface area contributed by atoms with Crippen molar-refractivity contribution in [3.63, 3.8) is 0 Å². The topological polar surface area (TPSA) is 35.2 Å². The summed E-state index contributed by atoms with van der Waals surface area (Å²) in [6.45, 7) is 5.55. The zero-order valence-corrected chi connectivity index (χ0v) is 11.6. The predicted molar refractivity (Wildman–Crippen MR) is 71.6 cm³/mol. The molecule has 2 nitrogen and oxygen atoms in total. The molecule has 0 aliphatic heterocycles. The second kappa shape index (κ2) is 6.82. The summed E-state index contributed by atoms with van der Waals surface area (Å²) in [7, 11) is 1.33. The van der Waals surface area contributed by atoms with E-state index in [1.165, 1.54) is 13.2 Å². The molecule has 108 valence electrons. The fraction of sp³-hybridized carbons (Fsp3) is 0.385. The molecule has 0 heterocycles. The highest BCUT2D eigenvalue weighted by Gasteiger charge is 2.31. The number of alkyl halides is 3. The Morgan fingerprint density at radius 1 is 1.42 bits per heavy atom. The Labute approximate surface area is 116 Å². The Hall–Kier alpha value is -1.20. The summed E-state index contributed by atoms with van der Waals surface area (Å²) in [6, 6.07) is 2.92. The van der Waals surface area contributed by atoms with Gasteiger partial charge in [0.2, 0.25) is 0 Å². The van der Waals surface area contributed by atoms with Crippen LogP contribution < -0.4 is 10.5 Å². The van der Waals surface area contributed by atoms with Crippen LogP contribution in [0.3, 0.4) is 0 Å². The molecule has 2 N–H and O–H groups in total. The van der Waals surface area contributed by atoms with Crippen molar-refractivity contribution < 1.29 is 17.9 Å². The molecule has 0 aliphatic carbocycles. The van der Waals surface area contributed by atoms with Crippen LogP contribution in [0.4, 0.5) is 13.2 Å². The average Bonchev–Trinajstić information content (AvgIpc) is 2.26.